The third kappa shape index (κ3) is 1.81. The van der Waals surface area contributed by atoms with Crippen LogP contribution in [0.1, 0.15) is 0 Å². The molecule has 0 heterocycles. The molecule has 1 aromatic carbocycles. The van der Waals surface area contributed by atoms with Crippen molar-refractivity contribution in [3.8, 4) is 0 Å². The van der Waals surface area contributed by atoms with E-state index in [0.717, 1.165) is 11.0 Å². The second-order valence-electron chi connectivity index (χ2n) is 3.24. The largest absolute Gasteiger partial charge is 0.296 e. The average molecular weight is 149 g/mol. The average Bonchev–Trinajstić information content (AvgIpc) is 2.06. The molecule has 0 aromatic heterocycles. The highest BCUT2D eigenvalue weighted by molar-refractivity contribution is 5.41. The minimum atomic E-state index is 0.848. The van der Waals surface area contributed by atoms with Gasteiger partial charge in [-0.2, -0.15) is 0 Å². The molecule has 0 saturated heterocycles. The van der Waals surface area contributed by atoms with Gasteiger partial charge in [0.05, 0.1) is 20.6 Å². The summed E-state index contributed by atoms with van der Waals surface area (Å²) in [6.45, 7) is 4.78. The van der Waals surface area contributed by atoms with Gasteiger partial charge in [-0.25, -0.2) is 0 Å². The molecule has 0 aliphatic rings. The zero-order valence-electron chi connectivity index (χ0n) is 7.25. The molecule has 0 unspecified atom stereocenters. The van der Waals surface area contributed by atoms with Gasteiger partial charge < -0.3 is 0 Å². The first kappa shape index (κ1) is 8.28. The molecule has 1 aromatic rings. The fraction of sp³-hybridized carbons (Fsp3) is 0.300. The fourth-order valence-corrected chi connectivity index (χ4v) is 0.961. The smallest absolute Gasteiger partial charge is 0.132 e. The van der Waals surface area contributed by atoms with Crippen LogP contribution in [0.2, 0.25) is 0 Å². The van der Waals surface area contributed by atoms with Gasteiger partial charge in [-0.3, -0.25) is 4.48 Å². The summed E-state index contributed by atoms with van der Waals surface area (Å²) in [6.07, 6.45) is 0. The van der Waals surface area contributed by atoms with E-state index in [4.69, 9.17) is 0 Å². The summed E-state index contributed by atoms with van der Waals surface area (Å²) in [5.74, 6) is 0. The van der Waals surface area contributed by atoms with E-state index in [2.05, 4.69) is 45.3 Å². The fourth-order valence-electron chi connectivity index (χ4n) is 0.961. The highest BCUT2D eigenvalue weighted by Gasteiger charge is 2.14. The van der Waals surface area contributed by atoms with Crippen LogP contribution in [-0.2, 0) is 0 Å². The molecule has 1 radical (unpaired) electrons. The molecule has 0 fully saturated rings. The van der Waals surface area contributed by atoms with Crippen molar-refractivity contribution in [2.45, 2.75) is 0 Å². The second-order valence-corrected chi connectivity index (χ2v) is 3.24. The number of benzene rings is 1. The lowest BCUT2D eigenvalue weighted by Gasteiger charge is -2.27. The van der Waals surface area contributed by atoms with E-state index in [0.29, 0.717) is 0 Å². The van der Waals surface area contributed by atoms with E-state index in [-0.39, 0.29) is 0 Å². The second kappa shape index (κ2) is 3.05. The Balaban J connectivity index is 2.93. The molecule has 1 nitrogen and oxygen atoms in total. The molecule has 0 saturated carbocycles. The summed E-state index contributed by atoms with van der Waals surface area (Å²) in [5, 5.41) is 0. The third-order valence-corrected chi connectivity index (χ3v) is 2.01. The van der Waals surface area contributed by atoms with Crippen LogP contribution in [0, 0.1) is 6.92 Å². The van der Waals surface area contributed by atoms with Crippen molar-refractivity contribution in [3.63, 3.8) is 0 Å². The monoisotopic (exact) mass is 149 g/mol. The van der Waals surface area contributed by atoms with Crippen LogP contribution >= 0.6 is 0 Å². The van der Waals surface area contributed by atoms with E-state index in [1.165, 1.54) is 5.69 Å². The summed E-state index contributed by atoms with van der Waals surface area (Å²) in [4.78, 5) is 0. The molecular weight excluding hydrogens is 134 g/mol. The molecule has 0 aliphatic carbocycles. The van der Waals surface area contributed by atoms with Crippen molar-refractivity contribution >= 4 is 5.69 Å². The summed E-state index contributed by atoms with van der Waals surface area (Å²) in [5.41, 5.74) is 1.31. The van der Waals surface area contributed by atoms with E-state index in [1.807, 2.05) is 6.07 Å². The Bertz CT molecular complexity index is 214. The lowest BCUT2D eigenvalue weighted by molar-refractivity contribution is 0.440. The maximum atomic E-state index is 3.91. The third-order valence-electron chi connectivity index (χ3n) is 2.01. The van der Waals surface area contributed by atoms with Gasteiger partial charge in [0.1, 0.15) is 5.69 Å². The Morgan fingerprint density at radius 2 is 1.73 bits per heavy atom. The number of hydrogen-bond acceptors (Lipinski definition) is 0. The molecule has 1 heteroatoms. The lowest BCUT2D eigenvalue weighted by Crippen LogP contribution is -2.39. The first-order chi connectivity index (χ1) is 5.17. The summed E-state index contributed by atoms with van der Waals surface area (Å²) < 4.78 is 0.848. The molecule has 59 valence electrons. The predicted molar refractivity (Wildman–Crippen MR) is 50.3 cm³/mol. The number of nitrogens with zero attached hydrogens (tertiary/aromatic N) is 1. The van der Waals surface area contributed by atoms with Crippen LogP contribution in [-0.4, -0.2) is 20.6 Å². The maximum Gasteiger partial charge on any atom is 0.132 e. The molecule has 1 rings (SSSR count). The standard InChI is InChI=1S/C10H15N/c1-4-11(2,3)10-8-6-5-7-9-10/h5-9H,1,4H2,2-3H3/q+1. The highest BCUT2D eigenvalue weighted by atomic mass is 15.3. The predicted octanol–water partition coefficient (Wildman–Crippen LogP) is 2.09. The van der Waals surface area contributed by atoms with E-state index in [1.54, 1.807) is 0 Å². The minimum absolute atomic E-state index is 0.848. The van der Waals surface area contributed by atoms with Crippen molar-refractivity contribution in [3.05, 3.63) is 37.3 Å². The number of para-hydroxylation sites is 1. The zero-order valence-corrected chi connectivity index (χ0v) is 7.25. The van der Waals surface area contributed by atoms with Crippen LogP contribution in [0.25, 0.3) is 0 Å². The van der Waals surface area contributed by atoms with Crippen molar-refractivity contribution in [2.24, 2.45) is 0 Å². The maximum absolute atomic E-state index is 3.91. The van der Waals surface area contributed by atoms with E-state index in [9.17, 15) is 0 Å². The zero-order chi connectivity index (χ0) is 8.32. The van der Waals surface area contributed by atoms with Gasteiger partial charge in [-0.15, -0.1) is 0 Å². The Morgan fingerprint density at radius 1 is 1.18 bits per heavy atom. The van der Waals surface area contributed by atoms with E-state index >= 15 is 0 Å². The van der Waals surface area contributed by atoms with Crippen LogP contribution < -0.4 is 4.48 Å². The summed E-state index contributed by atoms with van der Waals surface area (Å²) in [6, 6.07) is 10.4. The first-order valence-corrected chi connectivity index (χ1v) is 3.84. The van der Waals surface area contributed by atoms with Crippen molar-refractivity contribution < 1.29 is 0 Å². The number of rotatable bonds is 2. The minimum Gasteiger partial charge on any atom is -0.296 e. The van der Waals surface area contributed by atoms with Gasteiger partial charge >= 0.3 is 0 Å². The molecule has 0 N–H and O–H groups in total. The highest BCUT2D eigenvalue weighted by Crippen LogP contribution is 2.16. The number of hydrogen-bond donors (Lipinski definition) is 0. The Hall–Kier alpha value is -0.820. The molecule has 11 heavy (non-hydrogen) atoms. The van der Waals surface area contributed by atoms with Gasteiger partial charge in [0, 0.05) is 6.92 Å². The van der Waals surface area contributed by atoms with Gasteiger partial charge in [0.2, 0.25) is 0 Å². The summed E-state index contributed by atoms with van der Waals surface area (Å²) >= 11 is 0. The van der Waals surface area contributed by atoms with Crippen molar-refractivity contribution in [1.29, 1.82) is 0 Å². The molecular formula is C10H15N+. The first-order valence-electron chi connectivity index (χ1n) is 3.84. The molecule has 0 bridgehead atoms. The quantitative estimate of drug-likeness (QED) is 0.565. The van der Waals surface area contributed by atoms with E-state index < -0.39 is 0 Å². The Morgan fingerprint density at radius 3 is 2.18 bits per heavy atom. The van der Waals surface area contributed by atoms with Crippen molar-refractivity contribution in [1.82, 2.24) is 4.48 Å². The number of quaternary nitrogens is 1. The van der Waals surface area contributed by atoms with Gasteiger partial charge in [-0.1, -0.05) is 18.2 Å². The van der Waals surface area contributed by atoms with Crippen LogP contribution in [0.3, 0.4) is 0 Å². The van der Waals surface area contributed by atoms with Gasteiger partial charge in [-0.05, 0) is 12.1 Å². The lowest BCUT2D eigenvalue weighted by atomic mass is 10.2. The van der Waals surface area contributed by atoms with Gasteiger partial charge in [0.25, 0.3) is 0 Å². The van der Waals surface area contributed by atoms with Crippen LogP contribution in [0.15, 0.2) is 30.3 Å². The topological polar surface area (TPSA) is 0 Å². The van der Waals surface area contributed by atoms with Crippen molar-refractivity contribution in [2.75, 3.05) is 20.6 Å². The molecule has 0 spiro atoms. The molecule has 0 aliphatic heterocycles. The van der Waals surface area contributed by atoms with Gasteiger partial charge in [0.15, 0.2) is 0 Å². The van der Waals surface area contributed by atoms with Crippen LogP contribution in [0.5, 0.6) is 0 Å². The SMILES string of the molecule is [CH2]C[N+](C)(C)c1ccccc1. The molecule has 0 amide bonds. The molecule has 0 atom stereocenters. The summed E-state index contributed by atoms with van der Waals surface area (Å²) in [7, 11) is 4.31. The van der Waals surface area contributed by atoms with Crippen LogP contribution in [0.4, 0.5) is 5.69 Å². The normalized spacial score (nSPS) is 11.5. The Kier molecular flexibility index (Phi) is 2.30. The Labute approximate surface area is 68.9 Å².